The van der Waals surface area contributed by atoms with Gasteiger partial charge in [0.2, 0.25) is 10.0 Å². The van der Waals surface area contributed by atoms with Gasteiger partial charge in [-0.15, -0.1) is 0 Å². The highest BCUT2D eigenvalue weighted by atomic mass is 35.5. The number of hydrogen-bond acceptors (Lipinski definition) is 3. The quantitative estimate of drug-likeness (QED) is 0.719. The van der Waals surface area contributed by atoms with Crippen molar-refractivity contribution >= 4 is 33.2 Å². The van der Waals surface area contributed by atoms with E-state index in [1.807, 2.05) is 0 Å². The third-order valence-corrected chi connectivity index (χ3v) is 6.06. The number of amides is 1. The van der Waals surface area contributed by atoms with E-state index in [2.05, 4.69) is 5.32 Å². The summed E-state index contributed by atoms with van der Waals surface area (Å²) in [5.74, 6) is -0.733. The van der Waals surface area contributed by atoms with Crippen molar-refractivity contribution < 1.29 is 22.5 Å². The van der Waals surface area contributed by atoms with Gasteiger partial charge in [-0.1, -0.05) is 23.7 Å². The van der Waals surface area contributed by atoms with E-state index in [9.17, 15) is 17.6 Å². The van der Waals surface area contributed by atoms with E-state index in [1.54, 1.807) is 25.2 Å². The highest BCUT2D eigenvalue weighted by Crippen LogP contribution is 2.18. The second-order valence-electron chi connectivity index (χ2n) is 6.37. The van der Waals surface area contributed by atoms with E-state index in [4.69, 9.17) is 11.6 Å². The normalized spacial score (nSPS) is 12.8. The number of sulfonamides is 1. The Labute approximate surface area is 163 Å². The summed E-state index contributed by atoms with van der Waals surface area (Å²) in [6.45, 7) is 0.309. The van der Waals surface area contributed by atoms with Crippen molar-refractivity contribution in [2.75, 3.05) is 33.0 Å². The molecule has 2 aromatic rings. The van der Waals surface area contributed by atoms with Crippen LogP contribution in [0.1, 0.15) is 5.56 Å². The minimum absolute atomic E-state index is 0.0648. The lowest BCUT2D eigenvalue weighted by Gasteiger charge is -2.16. The molecule has 0 spiro atoms. The molecule has 0 radical (unpaired) electrons. The molecule has 1 atom stereocenters. The number of halogens is 2. The first-order valence-corrected chi connectivity index (χ1v) is 9.99. The van der Waals surface area contributed by atoms with Crippen LogP contribution in [0.15, 0.2) is 47.4 Å². The van der Waals surface area contributed by atoms with Crippen molar-refractivity contribution in [2.24, 2.45) is 0 Å². The number of nitrogens with one attached hydrogen (secondary N) is 2. The maximum Gasteiger partial charge on any atom is 0.279 e. The molecule has 0 bridgehead atoms. The molecule has 146 valence electrons. The molecular weight excluding hydrogens is 393 g/mol. The zero-order valence-electron chi connectivity index (χ0n) is 15.3. The summed E-state index contributed by atoms with van der Waals surface area (Å²) < 4.78 is 39.3. The van der Waals surface area contributed by atoms with Crippen molar-refractivity contribution in [3.63, 3.8) is 0 Å². The van der Waals surface area contributed by atoms with Gasteiger partial charge >= 0.3 is 0 Å². The second kappa shape index (κ2) is 8.79. The molecule has 0 fully saturated rings. The average molecular weight is 415 g/mol. The Balaban J connectivity index is 2.04. The second-order valence-corrected chi connectivity index (χ2v) is 8.93. The molecule has 0 saturated carbocycles. The van der Waals surface area contributed by atoms with Crippen molar-refractivity contribution in [1.29, 1.82) is 0 Å². The Morgan fingerprint density at radius 1 is 1.22 bits per heavy atom. The van der Waals surface area contributed by atoms with Crippen LogP contribution in [0.25, 0.3) is 0 Å². The van der Waals surface area contributed by atoms with Gasteiger partial charge in [0, 0.05) is 19.8 Å². The van der Waals surface area contributed by atoms with Gasteiger partial charge in [-0.3, -0.25) is 4.79 Å². The molecule has 2 aromatic carbocycles. The summed E-state index contributed by atoms with van der Waals surface area (Å²) in [6, 6.07) is 10.5. The highest BCUT2D eigenvalue weighted by molar-refractivity contribution is 7.89. The van der Waals surface area contributed by atoms with E-state index in [0.29, 0.717) is 16.3 Å². The number of carbonyl (C=O) groups excluding carboxylic acids is 1. The predicted octanol–water partition coefficient (Wildman–Crippen LogP) is 1.38. The summed E-state index contributed by atoms with van der Waals surface area (Å²) in [6.07, 6.45) is 0. The van der Waals surface area contributed by atoms with Crippen LogP contribution in [-0.2, 0) is 21.4 Å². The predicted molar refractivity (Wildman–Crippen MR) is 103 cm³/mol. The van der Waals surface area contributed by atoms with Crippen LogP contribution in [0.5, 0.6) is 0 Å². The molecule has 0 heterocycles. The fourth-order valence-corrected chi connectivity index (χ4v) is 3.67. The average Bonchev–Trinajstić information content (AvgIpc) is 2.58. The molecule has 1 amide bonds. The van der Waals surface area contributed by atoms with E-state index < -0.39 is 15.8 Å². The Bertz CT molecular complexity index is 915. The topological polar surface area (TPSA) is 70.9 Å². The van der Waals surface area contributed by atoms with Crippen LogP contribution in [-0.4, -0.2) is 46.3 Å². The maximum absolute atomic E-state index is 13.9. The molecule has 6 nitrogen and oxygen atoms in total. The van der Waals surface area contributed by atoms with E-state index in [-0.39, 0.29) is 23.9 Å². The number of rotatable bonds is 7. The zero-order valence-corrected chi connectivity index (χ0v) is 16.9. The molecule has 0 aliphatic rings. The van der Waals surface area contributed by atoms with Crippen molar-refractivity contribution in [2.45, 2.75) is 11.4 Å². The lowest BCUT2D eigenvalue weighted by atomic mass is 10.2. The summed E-state index contributed by atoms with van der Waals surface area (Å²) >= 11 is 6.01. The van der Waals surface area contributed by atoms with Crippen LogP contribution in [0.3, 0.4) is 0 Å². The van der Waals surface area contributed by atoms with Crippen molar-refractivity contribution in [3.8, 4) is 0 Å². The molecule has 27 heavy (non-hydrogen) atoms. The largest absolute Gasteiger partial charge is 0.326 e. The third-order valence-electron chi connectivity index (χ3n) is 3.90. The number of nitrogens with zero attached hydrogens (tertiary/aromatic N) is 1. The molecule has 0 aliphatic heterocycles. The number of carbonyl (C=O) groups is 1. The van der Waals surface area contributed by atoms with Crippen LogP contribution >= 0.6 is 11.6 Å². The van der Waals surface area contributed by atoms with Gasteiger partial charge in [0.05, 0.1) is 22.5 Å². The Morgan fingerprint density at radius 3 is 2.52 bits per heavy atom. The van der Waals surface area contributed by atoms with Crippen LogP contribution in [0.2, 0.25) is 5.02 Å². The molecular formula is C18H22ClFN3O3S+. The molecule has 1 unspecified atom stereocenters. The van der Waals surface area contributed by atoms with Gasteiger partial charge in [0.1, 0.15) is 12.4 Å². The number of hydrogen-bond donors (Lipinski definition) is 2. The first kappa shape index (κ1) is 21.3. The number of likely N-dealkylation sites (N-methyl/N-ethyl adjacent to an activating group) is 1. The van der Waals surface area contributed by atoms with E-state index in [0.717, 1.165) is 9.21 Å². The summed E-state index contributed by atoms with van der Waals surface area (Å²) in [5.41, 5.74) is 0.725. The minimum atomic E-state index is -3.59. The first-order chi connectivity index (χ1) is 12.6. The third kappa shape index (κ3) is 5.49. The maximum atomic E-state index is 13.9. The van der Waals surface area contributed by atoms with E-state index in [1.165, 1.54) is 38.4 Å². The lowest BCUT2D eigenvalue weighted by molar-refractivity contribution is -0.885. The molecule has 0 saturated heterocycles. The molecule has 0 aliphatic carbocycles. The lowest BCUT2D eigenvalue weighted by Crippen LogP contribution is -3.08. The van der Waals surface area contributed by atoms with E-state index >= 15 is 0 Å². The number of benzene rings is 2. The van der Waals surface area contributed by atoms with Gasteiger partial charge in [-0.25, -0.2) is 17.1 Å². The fraction of sp³-hybridized carbons (Fsp3) is 0.278. The van der Waals surface area contributed by atoms with Crippen molar-refractivity contribution in [3.05, 3.63) is 58.9 Å². The molecule has 2 rings (SSSR count). The Morgan fingerprint density at radius 2 is 1.89 bits per heavy atom. The molecule has 9 heteroatoms. The van der Waals surface area contributed by atoms with Gasteiger partial charge in [-0.05, 0) is 30.3 Å². The van der Waals surface area contributed by atoms with Crippen LogP contribution < -0.4 is 10.2 Å². The standard InChI is InChI=1S/C18H21ClFN3O3S/c1-22(2)27(25,26)14-7-4-6-13(10-14)21-18(24)12-23(3)11-15-16(19)8-5-9-17(15)20/h4-10H,11-12H2,1-3H3,(H,21,24)/p+1. The van der Waals surface area contributed by atoms with Gasteiger partial charge in [-0.2, -0.15) is 0 Å². The highest BCUT2D eigenvalue weighted by Gasteiger charge is 2.19. The fourth-order valence-electron chi connectivity index (χ4n) is 2.49. The minimum Gasteiger partial charge on any atom is -0.326 e. The van der Waals surface area contributed by atoms with Crippen molar-refractivity contribution in [1.82, 2.24) is 4.31 Å². The number of quaternary nitrogens is 1. The molecule has 0 aromatic heterocycles. The van der Waals surface area contributed by atoms with Gasteiger partial charge in [0.15, 0.2) is 6.54 Å². The Kier molecular flexibility index (Phi) is 6.94. The van der Waals surface area contributed by atoms with Gasteiger partial charge in [0.25, 0.3) is 5.91 Å². The van der Waals surface area contributed by atoms with Crippen LogP contribution in [0.4, 0.5) is 10.1 Å². The summed E-state index contributed by atoms with van der Waals surface area (Å²) in [4.78, 5) is 13.1. The Hall–Kier alpha value is -2.00. The van der Waals surface area contributed by atoms with Crippen LogP contribution in [0, 0.1) is 5.82 Å². The smallest absolute Gasteiger partial charge is 0.279 e. The summed E-state index contributed by atoms with van der Waals surface area (Å²) in [7, 11) is 1.03. The molecule has 2 N–H and O–H groups in total. The van der Waals surface area contributed by atoms with Gasteiger partial charge < -0.3 is 10.2 Å². The SMILES string of the molecule is CN(C)S(=O)(=O)c1cccc(NC(=O)C[NH+](C)Cc2c(F)cccc2Cl)c1. The zero-order chi connectivity index (χ0) is 20.2. The first-order valence-electron chi connectivity index (χ1n) is 8.18. The number of anilines is 1. The monoisotopic (exact) mass is 414 g/mol. The summed E-state index contributed by atoms with van der Waals surface area (Å²) in [5, 5.41) is 2.99.